The Morgan fingerprint density at radius 2 is 2.00 bits per heavy atom. The Labute approximate surface area is 141 Å². The molecule has 1 aromatic rings. The Kier molecular flexibility index (Phi) is 6.74. The topological polar surface area (TPSA) is 17.1 Å². The molecule has 0 amide bonds. The van der Waals surface area contributed by atoms with E-state index in [9.17, 15) is 17.7 Å². The molecule has 0 aliphatic carbocycles. The Morgan fingerprint density at radius 1 is 1.41 bits per heavy atom. The van der Waals surface area contributed by atoms with E-state index in [4.69, 9.17) is 6.42 Å². The number of rotatable bonds is 3. The second-order valence-corrected chi connectivity index (χ2v) is 3.53. The number of terminal acetylenes is 1. The molecule has 17 heavy (non-hydrogen) atoms. The third kappa shape index (κ3) is 4.98. The van der Waals surface area contributed by atoms with Gasteiger partial charge >= 0.3 is 58.4 Å². The Balaban J connectivity index is 0.00000256. The van der Waals surface area contributed by atoms with Gasteiger partial charge in [-0.1, -0.05) is 23.9 Å². The Hall–Kier alpha value is -0.0587. The number of carbonyl (C=O) groups excluding carboxylic acids is 1. The fraction of sp³-hybridized carbons (Fsp3) is 0.182. The fourth-order valence-electron chi connectivity index (χ4n) is 1.48. The molecule has 0 aliphatic heterocycles. The third-order valence-corrected chi connectivity index (χ3v) is 2.28. The van der Waals surface area contributed by atoms with Crippen LogP contribution >= 0.6 is 0 Å². The van der Waals surface area contributed by atoms with Crippen LogP contribution < -0.4 is 51.4 Å². The van der Waals surface area contributed by atoms with E-state index in [0.29, 0.717) is 17.4 Å². The van der Waals surface area contributed by atoms with Crippen molar-refractivity contribution in [3.63, 3.8) is 0 Å². The summed E-state index contributed by atoms with van der Waals surface area (Å²) in [6.45, 7) is -3.40. The Bertz CT molecular complexity index is 463. The van der Waals surface area contributed by atoms with Crippen LogP contribution in [0.5, 0.6) is 0 Å². The van der Waals surface area contributed by atoms with Gasteiger partial charge in [-0.25, -0.2) is 0 Å². The average molecular weight is 264 g/mol. The van der Waals surface area contributed by atoms with Crippen molar-refractivity contribution in [2.45, 2.75) is 13.2 Å². The van der Waals surface area contributed by atoms with E-state index in [1.54, 1.807) is 0 Å². The van der Waals surface area contributed by atoms with E-state index in [1.807, 2.05) is 0 Å². The van der Waals surface area contributed by atoms with Crippen LogP contribution in [0.1, 0.15) is 27.0 Å². The second-order valence-electron chi connectivity index (χ2n) is 3.53. The zero-order valence-corrected chi connectivity index (χ0v) is 12.8. The molecule has 0 atom stereocenters. The standard InChI is InChI=1S/C11H9BF3O.K/c1-3-10-4-9(7-16)5-11(8(10)2)6-12(13,14)15;/h1,4-5,7H,6H2,2H3;/q-1;+1. The molecule has 0 saturated carbocycles. The SMILES string of the molecule is C#Cc1cc(C=O)cc(C[B-](F)(F)F)c1C.[K+]. The average Bonchev–Trinajstić information content (AvgIpc) is 2.19. The molecule has 0 bridgehead atoms. The summed E-state index contributed by atoms with van der Waals surface area (Å²) in [6.07, 6.45) is 4.65. The molecule has 0 N–H and O–H groups in total. The molecule has 0 unspecified atom stereocenters. The van der Waals surface area contributed by atoms with Crippen LogP contribution in [-0.2, 0) is 6.32 Å². The maximum atomic E-state index is 12.3. The predicted octanol–water partition coefficient (Wildman–Crippen LogP) is -0.278. The van der Waals surface area contributed by atoms with E-state index in [-0.39, 0.29) is 62.5 Å². The van der Waals surface area contributed by atoms with Gasteiger partial charge < -0.3 is 12.9 Å². The minimum absolute atomic E-state index is 0. The number of hydrogen-bond acceptors (Lipinski definition) is 1. The van der Waals surface area contributed by atoms with Gasteiger partial charge in [0.15, 0.2) is 0 Å². The molecule has 1 nitrogen and oxygen atoms in total. The van der Waals surface area contributed by atoms with Gasteiger partial charge in [0.25, 0.3) is 0 Å². The third-order valence-electron chi connectivity index (χ3n) is 2.28. The molecule has 0 aromatic heterocycles. The van der Waals surface area contributed by atoms with Crippen molar-refractivity contribution in [3.05, 3.63) is 34.4 Å². The van der Waals surface area contributed by atoms with Crippen molar-refractivity contribution in [3.8, 4) is 12.3 Å². The summed E-state index contributed by atoms with van der Waals surface area (Å²) in [5.74, 6) is 2.28. The minimum Gasteiger partial charge on any atom is -0.449 e. The largest absolute Gasteiger partial charge is 1.00 e. The van der Waals surface area contributed by atoms with Crippen LogP contribution in [0.3, 0.4) is 0 Å². The summed E-state index contributed by atoms with van der Waals surface area (Å²) in [5, 5.41) is 0. The van der Waals surface area contributed by atoms with Crippen molar-refractivity contribution in [2.24, 2.45) is 0 Å². The number of aldehydes is 1. The molecule has 1 rings (SSSR count). The van der Waals surface area contributed by atoms with Crippen molar-refractivity contribution < 1.29 is 69.1 Å². The van der Waals surface area contributed by atoms with Crippen molar-refractivity contribution in [1.29, 1.82) is 0 Å². The van der Waals surface area contributed by atoms with Crippen molar-refractivity contribution >= 4 is 13.3 Å². The summed E-state index contributed by atoms with van der Waals surface area (Å²) in [5.41, 5.74) is 0.991. The number of carbonyl (C=O) groups is 1. The van der Waals surface area contributed by atoms with Gasteiger partial charge in [-0.05, 0) is 18.6 Å². The minimum atomic E-state index is -4.93. The Morgan fingerprint density at radius 3 is 2.41 bits per heavy atom. The van der Waals surface area contributed by atoms with Crippen LogP contribution in [0.25, 0.3) is 0 Å². The monoisotopic (exact) mass is 264 g/mol. The maximum absolute atomic E-state index is 12.3. The van der Waals surface area contributed by atoms with Gasteiger partial charge in [0, 0.05) is 11.1 Å². The summed E-state index contributed by atoms with van der Waals surface area (Å²) >= 11 is 0. The summed E-state index contributed by atoms with van der Waals surface area (Å²) in [7, 11) is 0. The van der Waals surface area contributed by atoms with Crippen molar-refractivity contribution in [1.82, 2.24) is 0 Å². The first-order valence-corrected chi connectivity index (χ1v) is 4.63. The number of halogens is 3. The normalized spacial score (nSPS) is 10.3. The van der Waals surface area contributed by atoms with E-state index < -0.39 is 13.3 Å². The van der Waals surface area contributed by atoms with Crippen LogP contribution in [0.15, 0.2) is 12.1 Å². The fourth-order valence-corrected chi connectivity index (χ4v) is 1.48. The quantitative estimate of drug-likeness (QED) is 0.417. The first-order chi connectivity index (χ1) is 7.37. The zero-order chi connectivity index (χ0) is 12.3. The van der Waals surface area contributed by atoms with Gasteiger partial charge in [0.1, 0.15) is 6.29 Å². The summed E-state index contributed by atoms with van der Waals surface area (Å²) < 4.78 is 36.9. The van der Waals surface area contributed by atoms with Crippen LogP contribution in [-0.4, -0.2) is 13.3 Å². The molecule has 6 heteroatoms. The maximum Gasteiger partial charge on any atom is 1.00 e. The smallest absolute Gasteiger partial charge is 0.449 e. The molecule has 0 fully saturated rings. The number of benzene rings is 1. The van der Waals surface area contributed by atoms with Crippen molar-refractivity contribution in [2.75, 3.05) is 0 Å². The second kappa shape index (κ2) is 6.76. The number of hydrogen-bond donors (Lipinski definition) is 0. The molecule has 84 valence electrons. The zero-order valence-electron chi connectivity index (χ0n) is 9.64. The molecule has 0 aliphatic rings. The van der Waals surface area contributed by atoms with Gasteiger partial charge in [0.2, 0.25) is 0 Å². The summed E-state index contributed by atoms with van der Waals surface area (Å²) in [4.78, 5) is 10.6. The van der Waals surface area contributed by atoms with E-state index in [0.717, 1.165) is 0 Å². The van der Waals surface area contributed by atoms with E-state index >= 15 is 0 Å². The van der Waals surface area contributed by atoms with Crippen LogP contribution in [0, 0.1) is 19.3 Å². The van der Waals surface area contributed by atoms with Gasteiger partial charge in [-0.2, -0.15) is 0 Å². The molecule has 1 aromatic carbocycles. The summed E-state index contributed by atoms with van der Waals surface area (Å²) in [6, 6.07) is 2.65. The van der Waals surface area contributed by atoms with Gasteiger partial charge in [0.05, 0.1) is 0 Å². The van der Waals surface area contributed by atoms with Gasteiger partial charge in [-0.15, -0.1) is 6.42 Å². The molecule has 0 radical (unpaired) electrons. The van der Waals surface area contributed by atoms with Crippen LogP contribution in [0.4, 0.5) is 12.9 Å². The molecule has 0 saturated heterocycles. The first-order valence-electron chi connectivity index (χ1n) is 4.63. The van der Waals surface area contributed by atoms with Gasteiger partial charge in [-0.3, -0.25) is 4.79 Å². The molecular weight excluding hydrogens is 255 g/mol. The molecular formula is C11H9BF3KO. The molecule has 0 heterocycles. The van der Waals surface area contributed by atoms with Crippen LogP contribution in [0.2, 0.25) is 0 Å². The van der Waals surface area contributed by atoms with E-state index in [1.165, 1.54) is 19.1 Å². The predicted molar refractivity (Wildman–Crippen MR) is 57.3 cm³/mol. The molecule has 0 spiro atoms. The first kappa shape index (κ1) is 16.9. The van der Waals surface area contributed by atoms with E-state index in [2.05, 4.69) is 5.92 Å².